The average molecular weight is 361 g/mol. The number of carbonyl (C=O) groups excluding carboxylic acids is 2. The highest BCUT2D eigenvalue weighted by molar-refractivity contribution is 5.78. The molecular weight excluding hydrogens is 335 g/mol. The van der Waals surface area contributed by atoms with Gasteiger partial charge in [0.2, 0.25) is 5.91 Å². The SMILES string of the molecule is CC1CC2C[C@H]3C1C(OC(=O)C(C)(C)C)C3N(C(=O)CC(F)(F)F)C2. The Morgan fingerprint density at radius 1 is 1.16 bits per heavy atom. The van der Waals surface area contributed by atoms with Gasteiger partial charge in [0.05, 0.1) is 11.5 Å². The van der Waals surface area contributed by atoms with Gasteiger partial charge in [0.15, 0.2) is 0 Å². The summed E-state index contributed by atoms with van der Waals surface area (Å²) in [5.41, 5.74) is -0.680. The molecule has 3 aliphatic rings. The molecule has 1 heterocycles. The van der Waals surface area contributed by atoms with E-state index >= 15 is 0 Å². The molecule has 3 fully saturated rings. The normalized spacial score (nSPS) is 37.3. The topological polar surface area (TPSA) is 46.6 Å². The van der Waals surface area contributed by atoms with Crippen LogP contribution >= 0.6 is 0 Å². The molecule has 0 aromatic rings. The molecule has 5 unspecified atom stereocenters. The fourth-order valence-electron chi connectivity index (χ4n) is 4.95. The van der Waals surface area contributed by atoms with Crippen molar-refractivity contribution < 1.29 is 27.5 Å². The summed E-state index contributed by atoms with van der Waals surface area (Å²) in [7, 11) is 0. The monoisotopic (exact) mass is 361 g/mol. The van der Waals surface area contributed by atoms with E-state index in [9.17, 15) is 22.8 Å². The highest BCUT2D eigenvalue weighted by atomic mass is 19.4. The van der Waals surface area contributed by atoms with Crippen molar-refractivity contribution in [1.82, 2.24) is 4.90 Å². The van der Waals surface area contributed by atoms with Crippen LogP contribution in [0.2, 0.25) is 0 Å². The standard InChI is InChI=1S/C18H26F3NO3/c1-9-5-10-6-11-13(9)15(25-16(24)17(2,3)4)14(11)22(8-10)12(23)7-18(19,20)21/h9-11,13-15H,5-8H2,1-4H3/t9?,10?,11-,13?,14?,15?/m0/s1. The third kappa shape index (κ3) is 3.38. The number of esters is 1. The molecule has 2 aliphatic carbocycles. The number of rotatable bonds is 2. The van der Waals surface area contributed by atoms with Gasteiger partial charge in [0.25, 0.3) is 0 Å². The molecule has 7 heteroatoms. The van der Waals surface area contributed by atoms with Gasteiger partial charge in [0.1, 0.15) is 12.5 Å². The summed E-state index contributed by atoms with van der Waals surface area (Å²) in [6.07, 6.45) is -4.65. The number of nitrogens with zero attached hydrogens (tertiary/aromatic N) is 1. The Balaban J connectivity index is 1.81. The first-order valence-electron chi connectivity index (χ1n) is 8.96. The molecule has 1 aliphatic heterocycles. The van der Waals surface area contributed by atoms with Gasteiger partial charge in [-0.3, -0.25) is 9.59 Å². The molecule has 142 valence electrons. The first kappa shape index (κ1) is 18.5. The molecule has 1 saturated heterocycles. The number of alkyl halides is 3. The first-order chi connectivity index (χ1) is 11.4. The van der Waals surface area contributed by atoms with Crippen LogP contribution in [0.3, 0.4) is 0 Å². The van der Waals surface area contributed by atoms with Gasteiger partial charge in [-0.05, 0) is 51.4 Å². The molecule has 0 N–H and O–H groups in total. The molecule has 0 aromatic heterocycles. The summed E-state index contributed by atoms with van der Waals surface area (Å²) < 4.78 is 43.8. The maximum absolute atomic E-state index is 12.7. The largest absolute Gasteiger partial charge is 0.459 e. The van der Waals surface area contributed by atoms with Gasteiger partial charge in [-0.25, -0.2) is 0 Å². The van der Waals surface area contributed by atoms with Crippen molar-refractivity contribution in [3.63, 3.8) is 0 Å². The molecule has 0 spiro atoms. The third-order valence-electron chi connectivity index (χ3n) is 5.96. The molecular formula is C18H26F3NO3. The minimum absolute atomic E-state index is 0.147. The Hall–Kier alpha value is -1.27. The van der Waals surface area contributed by atoms with Crippen molar-refractivity contribution in [2.45, 2.75) is 65.3 Å². The number of hydrogen-bond donors (Lipinski definition) is 0. The molecule has 25 heavy (non-hydrogen) atoms. The van der Waals surface area contributed by atoms with Crippen LogP contribution in [0.1, 0.15) is 47.0 Å². The average Bonchev–Trinajstić information content (AvgIpc) is 2.40. The van der Waals surface area contributed by atoms with Gasteiger partial charge in [-0.1, -0.05) is 6.92 Å². The maximum atomic E-state index is 12.7. The number of halogens is 3. The van der Waals surface area contributed by atoms with E-state index in [4.69, 9.17) is 4.74 Å². The number of fused-ring (bicyclic) bond motifs is 1. The minimum atomic E-state index is -4.52. The van der Waals surface area contributed by atoms with Gasteiger partial charge < -0.3 is 9.64 Å². The lowest BCUT2D eigenvalue weighted by Crippen LogP contribution is -2.73. The number of ether oxygens (including phenoxy) is 1. The zero-order valence-corrected chi connectivity index (χ0v) is 15.1. The Morgan fingerprint density at radius 3 is 2.36 bits per heavy atom. The molecule has 6 atom stereocenters. The zero-order chi connectivity index (χ0) is 18.7. The highest BCUT2D eigenvalue weighted by Gasteiger charge is 2.63. The van der Waals surface area contributed by atoms with Crippen molar-refractivity contribution >= 4 is 11.9 Å². The number of hydrogen-bond acceptors (Lipinski definition) is 3. The van der Waals surface area contributed by atoms with E-state index in [0.29, 0.717) is 12.5 Å². The lowest BCUT2D eigenvalue weighted by Gasteiger charge is -2.64. The number of likely N-dealkylation sites (tertiary alicyclic amines) is 1. The second-order valence-electron chi connectivity index (χ2n) is 9.00. The van der Waals surface area contributed by atoms with Crippen LogP contribution in [-0.2, 0) is 14.3 Å². The summed E-state index contributed by atoms with van der Waals surface area (Å²) in [6, 6.07) is -0.398. The summed E-state index contributed by atoms with van der Waals surface area (Å²) in [6.45, 7) is 7.71. The maximum Gasteiger partial charge on any atom is 0.397 e. The van der Waals surface area contributed by atoms with Gasteiger partial charge in [0, 0.05) is 12.5 Å². The molecule has 2 bridgehead atoms. The molecule has 0 radical (unpaired) electrons. The summed E-state index contributed by atoms with van der Waals surface area (Å²) in [5, 5.41) is 0. The Bertz CT molecular complexity index is 567. The van der Waals surface area contributed by atoms with Crippen LogP contribution < -0.4 is 0 Å². The van der Waals surface area contributed by atoms with Gasteiger partial charge in [-0.15, -0.1) is 0 Å². The highest BCUT2D eigenvalue weighted by Crippen LogP contribution is 2.56. The molecule has 4 nitrogen and oxygen atoms in total. The lowest BCUT2D eigenvalue weighted by molar-refractivity contribution is -0.228. The number of carbonyl (C=O) groups is 2. The Labute approximate surface area is 146 Å². The second kappa shape index (κ2) is 5.88. The van der Waals surface area contributed by atoms with E-state index < -0.39 is 36.1 Å². The lowest BCUT2D eigenvalue weighted by atomic mass is 9.51. The van der Waals surface area contributed by atoms with E-state index in [1.54, 1.807) is 20.8 Å². The van der Waals surface area contributed by atoms with Crippen molar-refractivity contribution in [3.05, 3.63) is 0 Å². The van der Waals surface area contributed by atoms with Crippen LogP contribution in [0.25, 0.3) is 0 Å². The van der Waals surface area contributed by atoms with E-state index in [2.05, 4.69) is 6.92 Å². The first-order valence-corrected chi connectivity index (χ1v) is 8.96. The summed E-state index contributed by atoms with van der Waals surface area (Å²) in [5.74, 6) is -0.343. The van der Waals surface area contributed by atoms with E-state index in [1.165, 1.54) is 4.90 Å². The minimum Gasteiger partial charge on any atom is -0.459 e. The van der Waals surface area contributed by atoms with Crippen LogP contribution in [0.5, 0.6) is 0 Å². The van der Waals surface area contributed by atoms with E-state index in [0.717, 1.165) is 12.8 Å². The van der Waals surface area contributed by atoms with Crippen molar-refractivity contribution in [1.29, 1.82) is 0 Å². The molecule has 0 aromatic carbocycles. The number of piperidine rings is 1. The quantitative estimate of drug-likeness (QED) is 0.708. The van der Waals surface area contributed by atoms with Gasteiger partial charge >= 0.3 is 12.1 Å². The van der Waals surface area contributed by atoms with Crippen molar-refractivity contribution in [3.8, 4) is 0 Å². The van der Waals surface area contributed by atoms with Crippen LogP contribution in [0.4, 0.5) is 13.2 Å². The Kier molecular flexibility index (Phi) is 4.35. The molecule has 2 saturated carbocycles. The summed E-state index contributed by atoms with van der Waals surface area (Å²) in [4.78, 5) is 25.9. The Morgan fingerprint density at radius 2 is 1.80 bits per heavy atom. The zero-order valence-electron chi connectivity index (χ0n) is 15.1. The van der Waals surface area contributed by atoms with Crippen molar-refractivity contribution in [2.24, 2.45) is 29.1 Å². The van der Waals surface area contributed by atoms with E-state index in [1.807, 2.05) is 0 Å². The van der Waals surface area contributed by atoms with E-state index in [-0.39, 0.29) is 23.7 Å². The molecule has 1 amide bonds. The van der Waals surface area contributed by atoms with Crippen molar-refractivity contribution in [2.75, 3.05) is 6.54 Å². The second-order valence-corrected chi connectivity index (χ2v) is 9.00. The predicted octanol–water partition coefficient (Wildman–Crippen LogP) is 3.40. The van der Waals surface area contributed by atoms with Crippen LogP contribution in [0.15, 0.2) is 0 Å². The summed E-state index contributed by atoms with van der Waals surface area (Å²) >= 11 is 0. The number of amides is 1. The fourth-order valence-corrected chi connectivity index (χ4v) is 4.95. The fraction of sp³-hybridized carbons (Fsp3) is 0.889. The molecule has 3 rings (SSSR count). The third-order valence-corrected chi connectivity index (χ3v) is 5.96. The predicted molar refractivity (Wildman–Crippen MR) is 84.4 cm³/mol. The van der Waals surface area contributed by atoms with Gasteiger partial charge in [-0.2, -0.15) is 13.2 Å². The smallest absolute Gasteiger partial charge is 0.397 e. The van der Waals surface area contributed by atoms with Crippen LogP contribution in [-0.4, -0.2) is 41.6 Å². The van der Waals surface area contributed by atoms with Crippen LogP contribution in [0, 0.1) is 29.1 Å².